The molecule has 0 bridgehead atoms. The van der Waals surface area contributed by atoms with Crippen molar-refractivity contribution in [1.29, 1.82) is 0 Å². The van der Waals surface area contributed by atoms with Crippen LogP contribution in [0.5, 0.6) is 0 Å². The second-order valence-corrected chi connectivity index (χ2v) is 6.66. The molecule has 0 aliphatic carbocycles. The lowest BCUT2D eigenvalue weighted by molar-refractivity contribution is 0.364. The van der Waals surface area contributed by atoms with Crippen LogP contribution in [0.25, 0.3) is 12.2 Å². The van der Waals surface area contributed by atoms with E-state index in [1.54, 1.807) is 0 Å². The summed E-state index contributed by atoms with van der Waals surface area (Å²) in [5, 5.41) is 0. The first-order valence-electron chi connectivity index (χ1n) is 5.65. The maximum absolute atomic E-state index is 12.5. The Morgan fingerprint density at radius 3 is 2.14 bits per heavy atom. The minimum absolute atomic E-state index is 0.190. The summed E-state index contributed by atoms with van der Waals surface area (Å²) in [6.07, 6.45) is 4.13. The lowest BCUT2D eigenvalue weighted by Crippen LogP contribution is -2.05. The first-order valence-corrected chi connectivity index (χ1v) is 7.60. The molecular weight excluding hydrogens is 315 g/mol. The maximum Gasteiger partial charge on any atom is 0.310 e. The molecule has 0 saturated heterocycles. The third-order valence-electron chi connectivity index (χ3n) is 2.52. The molecule has 0 aliphatic heterocycles. The maximum atomic E-state index is 12.5. The van der Waals surface area contributed by atoms with Gasteiger partial charge in [0.2, 0.25) is 5.89 Å². The molecule has 3 nitrogen and oxygen atoms in total. The van der Waals surface area contributed by atoms with Crippen molar-refractivity contribution >= 4 is 22.4 Å². The molecule has 0 radical (unpaired) electrons. The zero-order chi connectivity index (χ0) is 15.8. The summed E-state index contributed by atoms with van der Waals surface area (Å²) in [6.45, 7) is 0.190. The van der Waals surface area contributed by atoms with Gasteiger partial charge in [0.05, 0.1) is 5.69 Å². The number of hydrogen-bond donors (Lipinski definition) is 1. The summed E-state index contributed by atoms with van der Waals surface area (Å²) in [7, 11) is -9.62. The van der Waals surface area contributed by atoms with E-state index in [0.717, 1.165) is 12.1 Å². The van der Waals surface area contributed by atoms with Gasteiger partial charge in [-0.1, -0.05) is 31.6 Å². The van der Waals surface area contributed by atoms with E-state index in [9.17, 15) is 19.4 Å². The molecule has 1 aromatic heterocycles. The summed E-state index contributed by atoms with van der Waals surface area (Å²) >= 11 is 0. The number of hydrogen-bond acceptors (Lipinski definition) is 3. The molecule has 0 spiro atoms. The van der Waals surface area contributed by atoms with Gasteiger partial charge in [-0.2, -0.15) is 0 Å². The number of benzene rings is 1. The van der Waals surface area contributed by atoms with Crippen LogP contribution >= 0.6 is 10.2 Å². The summed E-state index contributed by atoms with van der Waals surface area (Å²) in [4.78, 5) is 2.03. The Balaban J connectivity index is 2.21. The van der Waals surface area contributed by atoms with Crippen LogP contribution in [0, 0.1) is 0 Å². The van der Waals surface area contributed by atoms with Crippen molar-refractivity contribution in [1.82, 2.24) is 4.98 Å². The fourth-order valence-electron chi connectivity index (χ4n) is 1.50. The van der Waals surface area contributed by atoms with Crippen LogP contribution < -0.4 is 5.73 Å². The van der Waals surface area contributed by atoms with Gasteiger partial charge < -0.3 is 10.2 Å². The number of nitrogens with zero attached hydrogens (tertiary/aromatic N) is 1. The molecule has 2 N–H and O–H groups in total. The summed E-state index contributed by atoms with van der Waals surface area (Å²) in [5.74, 6) is 0.215. The van der Waals surface area contributed by atoms with Gasteiger partial charge in [-0.05, 0) is 23.8 Å². The average molecular weight is 326 g/mol. The topological polar surface area (TPSA) is 52.0 Å². The fraction of sp³-hybridized carbons (Fsp3) is 0.0833. The van der Waals surface area contributed by atoms with Gasteiger partial charge in [0.1, 0.15) is 11.2 Å². The zero-order valence-electron chi connectivity index (χ0n) is 10.5. The highest BCUT2D eigenvalue weighted by atomic mass is 32.5. The van der Waals surface area contributed by atoms with Crippen molar-refractivity contribution in [2.24, 2.45) is 5.73 Å². The molecule has 0 saturated carbocycles. The molecule has 0 fully saturated rings. The standard InChI is InChI=1S/C12H11F5N2OS/c13-21(14,15,16,17)11-4-1-9(2-5-11)3-6-12-19-10(7-18)8-20-12/h1-6,8H,7,18H2/b6-3+. The third-order valence-corrected chi connectivity index (χ3v) is 3.69. The molecular formula is C12H11F5N2OS. The predicted molar refractivity (Wildman–Crippen MR) is 71.2 cm³/mol. The molecule has 9 heteroatoms. The van der Waals surface area contributed by atoms with E-state index < -0.39 is 15.1 Å². The molecule has 2 rings (SSSR count). The fourth-order valence-corrected chi connectivity index (χ4v) is 2.15. The Labute approximate surface area is 117 Å². The zero-order valence-corrected chi connectivity index (χ0v) is 11.3. The summed E-state index contributed by atoms with van der Waals surface area (Å²) < 4.78 is 67.6. The van der Waals surface area contributed by atoms with Gasteiger partial charge in [-0.3, -0.25) is 0 Å². The van der Waals surface area contributed by atoms with Crippen molar-refractivity contribution in [2.75, 3.05) is 0 Å². The number of nitrogens with two attached hydrogens (primary N) is 1. The molecule has 0 amide bonds. The van der Waals surface area contributed by atoms with Crippen molar-refractivity contribution in [3.63, 3.8) is 0 Å². The second kappa shape index (κ2) is 4.31. The van der Waals surface area contributed by atoms with Crippen molar-refractivity contribution in [3.05, 3.63) is 47.7 Å². The molecule has 116 valence electrons. The Bertz CT molecular complexity index is 676. The first kappa shape index (κ1) is 15.5. The molecule has 21 heavy (non-hydrogen) atoms. The van der Waals surface area contributed by atoms with Crippen molar-refractivity contribution in [2.45, 2.75) is 11.4 Å². The minimum atomic E-state index is -9.62. The van der Waals surface area contributed by atoms with E-state index in [-0.39, 0.29) is 12.4 Å². The number of oxazole rings is 1. The van der Waals surface area contributed by atoms with E-state index in [4.69, 9.17) is 10.2 Å². The van der Waals surface area contributed by atoms with E-state index in [0.29, 0.717) is 23.4 Å². The normalized spacial score (nSPS) is 15.9. The monoisotopic (exact) mass is 326 g/mol. The minimum Gasteiger partial charge on any atom is -0.445 e. The highest BCUT2D eigenvalue weighted by molar-refractivity contribution is 8.45. The van der Waals surface area contributed by atoms with Crippen LogP contribution in [-0.2, 0) is 6.54 Å². The Morgan fingerprint density at radius 1 is 1.05 bits per heavy atom. The van der Waals surface area contributed by atoms with Crippen molar-refractivity contribution in [3.8, 4) is 0 Å². The van der Waals surface area contributed by atoms with E-state index in [1.807, 2.05) is 0 Å². The van der Waals surface area contributed by atoms with Gasteiger partial charge >= 0.3 is 10.2 Å². The predicted octanol–water partition coefficient (Wildman–Crippen LogP) is 4.96. The summed E-state index contributed by atoms with van der Waals surface area (Å²) in [6, 6.07) is 2.58. The van der Waals surface area contributed by atoms with Crippen LogP contribution in [0.2, 0.25) is 0 Å². The van der Waals surface area contributed by atoms with Gasteiger partial charge in [-0.15, -0.1) is 0 Å². The highest BCUT2D eigenvalue weighted by Crippen LogP contribution is 3.02. The van der Waals surface area contributed by atoms with Crippen LogP contribution in [-0.4, -0.2) is 4.98 Å². The molecule has 0 atom stereocenters. The molecule has 1 aromatic carbocycles. The number of halogens is 5. The molecule has 0 aliphatic rings. The molecule has 0 unspecified atom stereocenters. The Hall–Kier alpha value is -1.87. The quantitative estimate of drug-likeness (QED) is 0.808. The smallest absolute Gasteiger partial charge is 0.310 e. The lowest BCUT2D eigenvalue weighted by atomic mass is 10.2. The largest absolute Gasteiger partial charge is 0.445 e. The second-order valence-electron chi connectivity index (χ2n) is 4.25. The number of aromatic nitrogens is 1. The third kappa shape index (κ3) is 4.05. The van der Waals surface area contributed by atoms with E-state index >= 15 is 0 Å². The van der Waals surface area contributed by atoms with Gasteiger partial charge in [0, 0.05) is 12.6 Å². The van der Waals surface area contributed by atoms with Crippen LogP contribution in [0.3, 0.4) is 0 Å². The first-order chi connectivity index (χ1) is 9.47. The molecule has 1 heterocycles. The van der Waals surface area contributed by atoms with Crippen LogP contribution in [0.1, 0.15) is 17.1 Å². The Morgan fingerprint density at radius 2 is 1.67 bits per heavy atom. The van der Waals surface area contributed by atoms with Gasteiger partial charge in [0.15, 0.2) is 0 Å². The highest BCUT2D eigenvalue weighted by Gasteiger charge is 2.65. The van der Waals surface area contributed by atoms with Crippen LogP contribution in [0.4, 0.5) is 19.4 Å². The average Bonchev–Trinajstić information content (AvgIpc) is 2.82. The summed E-state index contributed by atoms with van der Waals surface area (Å²) in [5.41, 5.74) is 6.15. The Kier molecular flexibility index (Phi) is 3.19. The number of rotatable bonds is 4. The lowest BCUT2D eigenvalue weighted by Gasteiger charge is -2.40. The van der Waals surface area contributed by atoms with E-state index in [2.05, 4.69) is 4.98 Å². The van der Waals surface area contributed by atoms with Gasteiger partial charge in [-0.25, -0.2) is 4.98 Å². The van der Waals surface area contributed by atoms with Gasteiger partial charge in [0.25, 0.3) is 0 Å². The van der Waals surface area contributed by atoms with Crippen LogP contribution in [0.15, 0.2) is 39.8 Å². The SMILES string of the molecule is NCc1coc(/C=C/c2ccc(S(F)(F)(F)(F)F)cc2)n1. The van der Waals surface area contributed by atoms with E-state index in [1.165, 1.54) is 18.4 Å². The van der Waals surface area contributed by atoms with Crippen molar-refractivity contribution < 1.29 is 23.8 Å². The molecule has 2 aromatic rings.